The molecule has 4 heteroatoms. The summed E-state index contributed by atoms with van der Waals surface area (Å²) in [4.78, 5) is 18.4. The van der Waals surface area contributed by atoms with Crippen molar-refractivity contribution >= 4 is 11.6 Å². The van der Waals surface area contributed by atoms with Crippen molar-refractivity contribution in [1.82, 2.24) is 9.88 Å². The third-order valence-electron chi connectivity index (χ3n) is 3.51. The molecule has 1 aromatic heterocycles. The summed E-state index contributed by atoms with van der Waals surface area (Å²) in [5.74, 6) is 0.810. The highest BCUT2D eigenvalue weighted by atomic mass is 16.2. The summed E-state index contributed by atoms with van der Waals surface area (Å²) in [5, 5.41) is 3.15. The topological polar surface area (TPSA) is 45.2 Å². The SMILES string of the molecule is C=CCNc1cncc(C(=O)N2CCC(C)CC2)c1. The van der Waals surface area contributed by atoms with Gasteiger partial charge in [-0.1, -0.05) is 13.0 Å². The fourth-order valence-corrected chi connectivity index (χ4v) is 2.24. The van der Waals surface area contributed by atoms with Gasteiger partial charge in [0.25, 0.3) is 5.91 Å². The van der Waals surface area contributed by atoms with Gasteiger partial charge in [-0.05, 0) is 24.8 Å². The zero-order chi connectivity index (χ0) is 13.7. The number of pyridine rings is 1. The van der Waals surface area contributed by atoms with Gasteiger partial charge in [-0.15, -0.1) is 6.58 Å². The standard InChI is InChI=1S/C15H21N3O/c1-3-6-17-14-9-13(10-16-11-14)15(19)18-7-4-12(2)5-8-18/h3,9-12,17H,1,4-8H2,2H3. The number of nitrogens with zero attached hydrogens (tertiary/aromatic N) is 2. The van der Waals surface area contributed by atoms with Crippen molar-refractivity contribution in [3.05, 3.63) is 36.7 Å². The van der Waals surface area contributed by atoms with Gasteiger partial charge in [0.05, 0.1) is 11.3 Å². The molecule has 0 spiro atoms. The van der Waals surface area contributed by atoms with E-state index in [4.69, 9.17) is 0 Å². The van der Waals surface area contributed by atoms with E-state index < -0.39 is 0 Å². The van der Waals surface area contributed by atoms with Gasteiger partial charge in [-0.2, -0.15) is 0 Å². The van der Waals surface area contributed by atoms with E-state index in [1.54, 1.807) is 18.5 Å². The zero-order valence-electron chi connectivity index (χ0n) is 11.4. The predicted octanol–water partition coefficient (Wildman–Crippen LogP) is 2.55. The first-order chi connectivity index (χ1) is 9.20. The first-order valence-corrected chi connectivity index (χ1v) is 6.80. The first kappa shape index (κ1) is 13.6. The summed E-state index contributed by atoms with van der Waals surface area (Å²) in [6.45, 7) is 8.27. The second-order valence-corrected chi connectivity index (χ2v) is 5.11. The number of hydrogen-bond donors (Lipinski definition) is 1. The normalized spacial score (nSPS) is 16.2. The maximum absolute atomic E-state index is 12.4. The minimum absolute atomic E-state index is 0.0849. The van der Waals surface area contributed by atoms with E-state index in [2.05, 4.69) is 23.8 Å². The molecule has 0 aliphatic carbocycles. The lowest BCUT2D eigenvalue weighted by atomic mass is 9.99. The molecule has 0 saturated carbocycles. The van der Waals surface area contributed by atoms with Gasteiger partial charge in [0.1, 0.15) is 0 Å². The van der Waals surface area contributed by atoms with Crippen LogP contribution in [0.4, 0.5) is 5.69 Å². The van der Waals surface area contributed by atoms with E-state index in [9.17, 15) is 4.79 Å². The molecule has 1 saturated heterocycles. The van der Waals surface area contributed by atoms with Gasteiger partial charge in [0.15, 0.2) is 0 Å². The molecule has 0 bridgehead atoms. The van der Waals surface area contributed by atoms with E-state index in [-0.39, 0.29) is 5.91 Å². The molecule has 0 aromatic carbocycles. The van der Waals surface area contributed by atoms with Gasteiger partial charge >= 0.3 is 0 Å². The lowest BCUT2D eigenvalue weighted by Crippen LogP contribution is -2.37. The molecule has 1 amide bonds. The van der Waals surface area contributed by atoms with Crippen LogP contribution in [0.1, 0.15) is 30.1 Å². The molecule has 1 fully saturated rings. The molecule has 2 rings (SSSR count). The number of aromatic nitrogens is 1. The number of carbonyl (C=O) groups excluding carboxylic acids is 1. The van der Waals surface area contributed by atoms with Crippen molar-refractivity contribution in [3.8, 4) is 0 Å². The molecule has 2 heterocycles. The quantitative estimate of drug-likeness (QED) is 0.845. The van der Waals surface area contributed by atoms with Crippen LogP contribution in [0.25, 0.3) is 0 Å². The predicted molar refractivity (Wildman–Crippen MR) is 77.2 cm³/mol. The number of rotatable bonds is 4. The van der Waals surface area contributed by atoms with Crippen molar-refractivity contribution in [2.75, 3.05) is 25.0 Å². The van der Waals surface area contributed by atoms with E-state index >= 15 is 0 Å². The van der Waals surface area contributed by atoms with Crippen LogP contribution in [0.15, 0.2) is 31.1 Å². The number of hydrogen-bond acceptors (Lipinski definition) is 3. The molecular formula is C15H21N3O. The summed E-state index contributed by atoms with van der Waals surface area (Å²) in [6, 6.07) is 1.86. The Bertz CT molecular complexity index is 450. The Morgan fingerprint density at radius 1 is 1.53 bits per heavy atom. The maximum atomic E-state index is 12.4. The van der Waals surface area contributed by atoms with Crippen LogP contribution in [-0.2, 0) is 0 Å². The number of anilines is 1. The molecule has 0 atom stereocenters. The fourth-order valence-electron chi connectivity index (χ4n) is 2.24. The van der Waals surface area contributed by atoms with Crippen LogP contribution in [0.5, 0.6) is 0 Å². The summed E-state index contributed by atoms with van der Waals surface area (Å²) < 4.78 is 0. The molecule has 1 aliphatic heterocycles. The average Bonchev–Trinajstić information content (AvgIpc) is 2.45. The number of piperidine rings is 1. The summed E-state index contributed by atoms with van der Waals surface area (Å²) in [6.07, 6.45) is 7.32. The largest absolute Gasteiger partial charge is 0.380 e. The Balaban J connectivity index is 2.04. The molecule has 4 nitrogen and oxygen atoms in total. The maximum Gasteiger partial charge on any atom is 0.255 e. The summed E-state index contributed by atoms with van der Waals surface area (Å²) in [7, 11) is 0. The average molecular weight is 259 g/mol. The minimum atomic E-state index is 0.0849. The third-order valence-corrected chi connectivity index (χ3v) is 3.51. The van der Waals surface area contributed by atoms with E-state index in [0.29, 0.717) is 12.1 Å². The third kappa shape index (κ3) is 3.56. The van der Waals surface area contributed by atoms with Crippen molar-refractivity contribution < 1.29 is 4.79 Å². The monoisotopic (exact) mass is 259 g/mol. The number of nitrogens with one attached hydrogen (secondary N) is 1. The van der Waals surface area contributed by atoms with Crippen LogP contribution in [0, 0.1) is 5.92 Å². The Labute approximate surface area is 114 Å². The molecule has 1 N–H and O–H groups in total. The molecule has 102 valence electrons. The van der Waals surface area contributed by atoms with Crippen LogP contribution in [-0.4, -0.2) is 35.4 Å². The molecule has 0 unspecified atom stereocenters. The molecule has 1 aromatic rings. The van der Waals surface area contributed by atoms with Crippen LogP contribution in [0.2, 0.25) is 0 Å². The number of likely N-dealkylation sites (tertiary alicyclic amines) is 1. The Hall–Kier alpha value is -1.84. The summed E-state index contributed by atoms with van der Waals surface area (Å²) >= 11 is 0. The first-order valence-electron chi connectivity index (χ1n) is 6.80. The molecule has 0 radical (unpaired) electrons. The zero-order valence-corrected chi connectivity index (χ0v) is 11.4. The van der Waals surface area contributed by atoms with Gasteiger partial charge in [-0.25, -0.2) is 0 Å². The van der Waals surface area contributed by atoms with Crippen LogP contribution in [0.3, 0.4) is 0 Å². The van der Waals surface area contributed by atoms with Gasteiger partial charge in [0, 0.05) is 32.0 Å². The highest BCUT2D eigenvalue weighted by molar-refractivity contribution is 5.94. The smallest absolute Gasteiger partial charge is 0.255 e. The fraction of sp³-hybridized carbons (Fsp3) is 0.467. The van der Waals surface area contributed by atoms with Crippen LogP contribution < -0.4 is 5.32 Å². The molecular weight excluding hydrogens is 238 g/mol. The van der Waals surface area contributed by atoms with Crippen molar-refractivity contribution in [2.45, 2.75) is 19.8 Å². The van der Waals surface area contributed by atoms with Crippen molar-refractivity contribution in [1.29, 1.82) is 0 Å². The Morgan fingerprint density at radius 3 is 2.95 bits per heavy atom. The van der Waals surface area contributed by atoms with Gasteiger partial charge in [0.2, 0.25) is 0 Å². The minimum Gasteiger partial charge on any atom is -0.380 e. The molecule has 1 aliphatic rings. The van der Waals surface area contributed by atoms with E-state index in [1.165, 1.54) is 0 Å². The number of carbonyl (C=O) groups is 1. The lowest BCUT2D eigenvalue weighted by Gasteiger charge is -2.30. The van der Waals surface area contributed by atoms with Crippen molar-refractivity contribution in [2.24, 2.45) is 5.92 Å². The van der Waals surface area contributed by atoms with Crippen molar-refractivity contribution in [3.63, 3.8) is 0 Å². The Morgan fingerprint density at radius 2 is 2.26 bits per heavy atom. The highest BCUT2D eigenvalue weighted by Crippen LogP contribution is 2.19. The number of amides is 1. The Kier molecular flexibility index (Phi) is 4.55. The second-order valence-electron chi connectivity index (χ2n) is 5.11. The summed E-state index contributed by atoms with van der Waals surface area (Å²) in [5.41, 5.74) is 1.51. The van der Waals surface area contributed by atoms with E-state index in [1.807, 2.05) is 11.0 Å². The lowest BCUT2D eigenvalue weighted by molar-refractivity contribution is 0.0697. The second kappa shape index (κ2) is 6.36. The van der Waals surface area contributed by atoms with Gasteiger partial charge in [-0.3, -0.25) is 9.78 Å². The van der Waals surface area contributed by atoms with Crippen LogP contribution >= 0.6 is 0 Å². The van der Waals surface area contributed by atoms with E-state index in [0.717, 1.165) is 37.5 Å². The molecule has 19 heavy (non-hydrogen) atoms. The van der Waals surface area contributed by atoms with Gasteiger partial charge < -0.3 is 10.2 Å². The highest BCUT2D eigenvalue weighted by Gasteiger charge is 2.21.